The molecule has 0 unspecified atom stereocenters. The summed E-state index contributed by atoms with van der Waals surface area (Å²) in [6.45, 7) is 3.99. The Morgan fingerprint density at radius 2 is 1.69 bits per heavy atom. The number of nitrogens with one attached hydrogen (secondary N) is 2. The van der Waals surface area contributed by atoms with Gasteiger partial charge in [-0.05, 0) is 35.9 Å². The van der Waals surface area contributed by atoms with E-state index < -0.39 is 0 Å². The molecule has 2 amide bonds. The Morgan fingerprint density at radius 3 is 2.27 bits per heavy atom. The van der Waals surface area contributed by atoms with Crippen molar-refractivity contribution in [2.45, 2.75) is 20.4 Å². The highest BCUT2D eigenvalue weighted by Gasteiger charge is 2.14. The van der Waals surface area contributed by atoms with Crippen molar-refractivity contribution in [2.24, 2.45) is 5.92 Å². The minimum atomic E-state index is -0.233. The zero-order valence-corrected chi connectivity index (χ0v) is 15.5. The molecule has 0 saturated heterocycles. The second-order valence-corrected chi connectivity index (χ2v) is 6.09. The molecule has 0 saturated carbocycles. The van der Waals surface area contributed by atoms with E-state index in [9.17, 15) is 9.59 Å². The van der Waals surface area contributed by atoms with Crippen LogP contribution >= 0.6 is 0 Å². The quantitative estimate of drug-likeness (QED) is 0.798. The third kappa shape index (κ3) is 4.99. The van der Waals surface area contributed by atoms with Crippen LogP contribution in [0.3, 0.4) is 0 Å². The van der Waals surface area contributed by atoms with Crippen molar-refractivity contribution in [3.63, 3.8) is 0 Å². The Balaban J connectivity index is 2.08. The summed E-state index contributed by atoms with van der Waals surface area (Å²) in [6.07, 6.45) is 0. The topological polar surface area (TPSA) is 76.7 Å². The van der Waals surface area contributed by atoms with Crippen molar-refractivity contribution >= 4 is 17.5 Å². The first-order valence-electron chi connectivity index (χ1n) is 8.34. The standard InChI is InChI=1S/C20H24N2O4/c1-13(2)19(23)22-17-11-15(7-10-18(17)26-4)20(24)21-12-14-5-8-16(25-3)9-6-14/h5-11,13H,12H2,1-4H3,(H,21,24)(H,22,23). The van der Waals surface area contributed by atoms with Crippen LogP contribution in [0.1, 0.15) is 29.8 Å². The van der Waals surface area contributed by atoms with E-state index in [1.165, 1.54) is 7.11 Å². The number of ether oxygens (including phenoxy) is 2. The summed E-state index contributed by atoms with van der Waals surface area (Å²) < 4.78 is 10.4. The molecule has 0 fully saturated rings. The zero-order valence-electron chi connectivity index (χ0n) is 15.5. The smallest absolute Gasteiger partial charge is 0.251 e. The monoisotopic (exact) mass is 356 g/mol. The number of carbonyl (C=O) groups is 2. The predicted molar refractivity (Wildman–Crippen MR) is 101 cm³/mol. The van der Waals surface area contributed by atoms with Crippen molar-refractivity contribution in [3.05, 3.63) is 53.6 Å². The van der Waals surface area contributed by atoms with Gasteiger partial charge >= 0.3 is 0 Å². The Bertz CT molecular complexity index is 770. The molecule has 0 bridgehead atoms. The summed E-state index contributed by atoms with van der Waals surface area (Å²) in [5.74, 6) is 0.723. The van der Waals surface area contributed by atoms with E-state index in [-0.39, 0.29) is 17.7 Å². The maximum atomic E-state index is 12.4. The molecule has 0 heterocycles. The molecule has 26 heavy (non-hydrogen) atoms. The summed E-state index contributed by atoms with van der Waals surface area (Å²) in [4.78, 5) is 24.4. The molecule has 2 rings (SSSR count). The molecule has 2 aromatic carbocycles. The average molecular weight is 356 g/mol. The SMILES string of the molecule is COc1ccc(CNC(=O)c2ccc(OC)c(NC(=O)C(C)C)c2)cc1. The third-order valence-electron chi connectivity index (χ3n) is 3.86. The highest BCUT2D eigenvalue weighted by molar-refractivity contribution is 5.98. The van der Waals surface area contributed by atoms with Gasteiger partial charge in [-0.25, -0.2) is 0 Å². The van der Waals surface area contributed by atoms with E-state index in [0.717, 1.165) is 11.3 Å². The molecule has 0 aliphatic carbocycles. The molecule has 0 aromatic heterocycles. The van der Waals surface area contributed by atoms with Crippen LogP contribution in [0.2, 0.25) is 0 Å². The highest BCUT2D eigenvalue weighted by atomic mass is 16.5. The Labute approximate surface area is 153 Å². The molecule has 0 atom stereocenters. The lowest BCUT2D eigenvalue weighted by atomic mass is 10.1. The van der Waals surface area contributed by atoms with Gasteiger partial charge in [0.25, 0.3) is 5.91 Å². The minimum absolute atomic E-state index is 0.140. The maximum Gasteiger partial charge on any atom is 0.251 e. The number of carbonyl (C=O) groups excluding carboxylic acids is 2. The third-order valence-corrected chi connectivity index (χ3v) is 3.86. The molecule has 6 heteroatoms. The van der Waals surface area contributed by atoms with Crippen LogP contribution in [0.15, 0.2) is 42.5 Å². The zero-order chi connectivity index (χ0) is 19.1. The van der Waals surface area contributed by atoms with Gasteiger partial charge in [0, 0.05) is 18.0 Å². The molecule has 138 valence electrons. The summed E-state index contributed by atoms with van der Waals surface area (Å²) in [5, 5.41) is 5.65. The highest BCUT2D eigenvalue weighted by Crippen LogP contribution is 2.26. The molecular weight excluding hydrogens is 332 g/mol. The van der Waals surface area contributed by atoms with Gasteiger partial charge in [0.1, 0.15) is 11.5 Å². The van der Waals surface area contributed by atoms with Gasteiger partial charge in [-0.3, -0.25) is 9.59 Å². The first kappa shape index (κ1) is 19.3. The van der Waals surface area contributed by atoms with Crippen LogP contribution in [0.25, 0.3) is 0 Å². The fraction of sp³-hybridized carbons (Fsp3) is 0.300. The van der Waals surface area contributed by atoms with Crippen LogP contribution in [-0.4, -0.2) is 26.0 Å². The Kier molecular flexibility index (Phi) is 6.60. The molecule has 2 N–H and O–H groups in total. The van der Waals surface area contributed by atoms with Gasteiger partial charge in [0.2, 0.25) is 5.91 Å². The van der Waals surface area contributed by atoms with Gasteiger partial charge in [0.05, 0.1) is 19.9 Å². The Hall–Kier alpha value is -3.02. The van der Waals surface area contributed by atoms with E-state index in [1.54, 1.807) is 39.2 Å². The van der Waals surface area contributed by atoms with E-state index in [4.69, 9.17) is 9.47 Å². The van der Waals surface area contributed by atoms with Gasteiger partial charge in [0.15, 0.2) is 0 Å². The number of amides is 2. The lowest BCUT2D eigenvalue weighted by Crippen LogP contribution is -2.23. The van der Waals surface area contributed by atoms with Crippen molar-refractivity contribution < 1.29 is 19.1 Å². The van der Waals surface area contributed by atoms with Crippen LogP contribution in [0.5, 0.6) is 11.5 Å². The largest absolute Gasteiger partial charge is 0.497 e. The fourth-order valence-corrected chi connectivity index (χ4v) is 2.25. The molecular formula is C20H24N2O4. The fourth-order valence-electron chi connectivity index (χ4n) is 2.25. The maximum absolute atomic E-state index is 12.4. The lowest BCUT2D eigenvalue weighted by Gasteiger charge is -2.13. The summed E-state index contributed by atoms with van der Waals surface area (Å²) in [7, 11) is 3.12. The van der Waals surface area contributed by atoms with Crippen LogP contribution in [-0.2, 0) is 11.3 Å². The number of hydrogen-bond acceptors (Lipinski definition) is 4. The normalized spacial score (nSPS) is 10.3. The molecule has 0 aliphatic rings. The second-order valence-electron chi connectivity index (χ2n) is 6.09. The van der Waals surface area contributed by atoms with Gasteiger partial charge < -0.3 is 20.1 Å². The van der Waals surface area contributed by atoms with Crippen LogP contribution < -0.4 is 20.1 Å². The van der Waals surface area contributed by atoms with Crippen molar-refractivity contribution in [1.29, 1.82) is 0 Å². The lowest BCUT2D eigenvalue weighted by molar-refractivity contribution is -0.118. The summed E-state index contributed by atoms with van der Waals surface area (Å²) in [5.41, 5.74) is 1.88. The first-order chi connectivity index (χ1) is 12.4. The molecule has 6 nitrogen and oxygen atoms in total. The summed E-state index contributed by atoms with van der Waals surface area (Å²) >= 11 is 0. The van der Waals surface area contributed by atoms with Crippen LogP contribution in [0, 0.1) is 5.92 Å². The molecule has 0 spiro atoms. The van der Waals surface area contributed by atoms with Crippen LogP contribution in [0.4, 0.5) is 5.69 Å². The predicted octanol–water partition coefficient (Wildman–Crippen LogP) is 3.23. The number of hydrogen-bond donors (Lipinski definition) is 2. The number of rotatable bonds is 7. The van der Waals surface area contributed by atoms with Crippen molar-refractivity contribution in [3.8, 4) is 11.5 Å². The number of benzene rings is 2. The Morgan fingerprint density at radius 1 is 1.00 bits per heavy atom. The molecule has 0 radical (unpaired) electrons. The van der Waals surface area contributed by atoms with Crippen molar-refractivity contribution in [2.75, 3.05) is 19.5 Å². The van der Waals surface area contributed by atoms with E-state index in [2.05, 4.69) is 10.6 Å². The number of methoxy groups -OCH3 is 2. The second kappa shape index (κ2) is 8.89. The first-order valence-corrected chi connectivity index (χ1v) is 8.34. The van der Waals surface area contributed by atoms with E-state index in [1.807, 2.05) is 24.3 Å². The van der Waals surface area contributed by atoms with Gasteiger partial charge in [-0.1, -0.05) is 26.0 Å². The number of anilines is 1. The van der Waals surface area contributed by atoms with Crippen molar-refractivity contribution in [1.82, 2.24) is 5.32 Å². The average Bonchev–Trinajstić information content (AvgIpc) is 2.66. The summed E-state index contributed by atoms with van der Waals surface area (Å²) in [6, 6.07) is 12.4. The van der Waals surface area contributed by atoms with Gasteiger partial charge in [-0.15, -0.1) is 0 Å². The van der Waals surface area contributed by atoms with E-state index in [0.29, 0.717) is 23.5 Å². The minimum Gasteiger partial charge on any atom is -0.497 e. The molecule has 2 aromatic rings. The van der Waals surface area contributed by atoms with Gasteiger partial charge in [-0.2, -0.15) is 0 Å². The molecule has 0 aliphatic heterocycles. The van der Waals surface area contributed by atoms with E-state index >= 15 is 0 Å².